The second-order valence-corrected chi connectivity index (χ2v) is 9.80. The van der Waals surface area contributed by atoms with E-state index in [-0.39, 0.29) is 11.4 Å². The summed E-state index contributed by atoms with van der Waals surface area (Å²) in [5.74, 6) is 2.91. The van der Waals surface area contributed by atoms with Crippen LogP contribution in [0, 0.1) is 17.3 Å². The standard InChI is InChI=1S/C28H30O4/c1-17(29)32-22-9-11-23-19(15-22)6-10-25-24(23)12-13-28(2)26(25)16-20(27(28)30)14-18-4-7-21(31-3)8-5-18/h4-5,7-9,11,14-15,24-26H,6,10,12-13,16H2,1-3H3/b20-14+. The highest BCUT2D eigenvalue weighted by atomic mass is 16.5. The summed E-state index contributed by atoms with van der Waals surface area (Å²) in [6, 6.07) is 14.0. The number of rotatable bonds is 3. The molecule has 0 N–H and O–H groups in total. The predicted molar refractivity (Wildman–Crippen MR) is 124 cm³/mol. The van der Waals surface area contributed by atoms with Gasteiger partial charge < -0.3 is 9.47 Å². The summed E-state index contributed by atoms with van der Waals surface area (Å²) < 4.78 is 10.6. The minimum Gasteiger partial charge on any atom is -0.497 e. The lowest BCUT2D eigenvalue weighted by Crippen LogP contribution is -2.42. The van der Waals surface area contributed by atoms with Crippen LogP contribution in [0.5, 0.6) is 11.5 Å². The normalized spacial score (nSPS) is 29.8. The number of ether oxygens (including phenoxy) is 2. The zero-order chi connectivity index (χ0) is 22.5. The molecule has 32 heavy (non-hydrogen) atoms. The number of methoxy groups -OCH3 is 1. The molecular weight excluding hydrogens is 400 g/mol. The van der Waals surface area contributed by atoms with E-state index in [9.17, 15) is 9.59 Å². The summed E-state index contributed by atoms with van der Waals surface area (Å²) >= 11 is 0. The summed E-state index contributed by atoms with van der Waals surface area (Å²) in [4.78, 5) is 24.8. The topological polar surface area (TPSA) is 52.6 Å². The first kappa shape index (κ1) is 21.0. The maximum absolute atomic E-state index is 13.5. The number of esters is 1. The fourth-order valence-corrected chi connectivity index (χ4v) is 6.49. The van der Waals surface area contributed by atoms with Crippen LogP contribution in [0.3, 0.4) is 0 Å². The number of hydrogen-bond acceptors (Lipinski definition) is 4. The number of benzene rings is 2. The molecule has 4 nitrogen and oxygen atoms in total. The lowest BCUT2D eigenvalue weighted by atomic mass is 9.55. The Morgan fingerprint density at radius 2 is 1.84 bits per heavy atom. The van der Waals surface area contributed by atoms with Gasteiger partial charge in [-0.1, -0.05) is 25.1 Å². The number of ketones is 1. The zero-order valence-electron chi connectivity index (χ0n) is 19.0. The van der Waals surface area contributed by atoms with E-state index in [0.717, 1.165) is 49.0 Å². The van der Waals surface area contributed by atoms with Crippen LogP contribution < -0.4 is 9.47 Å². The van der Waals surface area contributed by atoms with Gasteiger partial charge in [-0.25, -0.2) is 0 Å². The highest BCUT2D eigenvalue weighted by Gasteiger charge is 2.56. The van der Waals surface area contributed by atoms with E-state index >= 15 is 0 Å². The van der Waals surface area contributed by atoms with Crippen LogP contribution in [-0.2, 0) is 16.0 Å². The van der Waals surface area contributed by atoms with Crippen molar-refractivity contribution < 1.29 is 19.1 Å². The van der Waals surface area contributed by atoms with Crippen LogP contribution in [0.25, 0.3) is 6.08 Å². The van der Waals surface area contributed by atoms with Crippen molar-refractivity contribution >= 4 is 17.8 Å². The average molecular weight is 431 g/mol. The smallest absolute Gasteiger partial charge is 0.308 e. The lowest BCUT2D eigenvalue weighted by Gasteiger charge is -2.48. The number of aryl methyl sites for hydroxylation is 1. The van der Waals surface area contributed by atoms with Gasteiger partial charge in [0.25, 0.3) is 0 Å². The van der Waals surface area contributed by atoms with E-state index < -0.39 is 0 Å². The molecule has 0 amide bonds. The van der Waals surface area contributed by atoms with Crippen LogP contribution >= 0.6 is 0 Å². The molecule has 4 unspecified atom stereocenters. The molecule has 0 aromatic heterocycles. The van der Waals surface area contributed by atoms with Crippen LogP contribution in [0.4, 0.5) is 0 Å². The Labute approximate surface area is 189 Å². The van der Waals surface area contributed by atoms with Crippen molar-refractivity contribution in [3.05, 3.63) is 64.7 Å². The molecule has 0 bridgehead atoms. The molecule has 0 aliphatic heterocycles. The van der Waals surface area contributed by atoms with Gasteiger partial charge in [0, 0.05) is 12.3 Å². The number of Topliss-reactive ketones (excluding diaryl/α,β-unsaturated/α-hetero) is 1. The third-order valence-corrected chi connectivity index (χ3v) is 8.06. The van der Waals surface area contributed by atoms with Crippen molar-refractivity contribution in [2.24, 2.45) is 17.3 Å². The third-order valence-electron chi connectivity index (χ3n) is 8.06. The molecule has 2 fully saturated rings. The molecule has 0 heterocycles. The van der Waals surface area contributed by atoms with Crippen molar-refractivity contribution in [3.63, 3.8) is 0 Å². The number of fused-ring (bicyclic) bond motifs is 5. The molecule has 2 aromatic carbocycles. The largest absolute Gasteiger partial charge is 0.497 e. The van der Waals surface area contributed by atoms with Gasteiger partial charge in [-0.2, -0.15) is 0 Å². The van der Waals surface area contributed by atoms with Gasteiger partial charge in [0.15, 0.2) is 5.78 Å². The van der Waals surface area contributed by atoms with Gasteiger partial charge in [0.2, 0.25) is 0 Å². The Balaban J connectivity index is 1.42. The van der Waals surface area contributed by atoms with Gasteiger partial charge >= 0.3 is 5.97 Å². The molecule has 166 valence electrons. The summed E-state index contributed by atoms with van der Waals surface area (Å²) in [6.45, 7) is 3.63. The van der Waals surface area contributed by atoms with Gasteiger partial charge in [0.1, 0.15) is 11.5 Å². The van der Waals surface area contributed by atoms with E-state index in [1.54, 1.807) is 7.11 Å². The van der Waals surface area contributed by atoms with Gasteiger partial charge in [-0.05, 0) is 102 Å². The molecule has 2 saturated carbocycles. The molecule has 0 saturated heterocycles. The highest BCUT2D eigenvalue weighted by molar-refractivity contribution is 6.06. The second kappa shape index (κ2) is 7.91. The monoisotopic (exact) mass is 430 g/mol. The molecule has 5 rings (SSSR count). The van der Waals surface area contributed by atoms with E-state index in [4.69, 9.17) is 9.47 Å². The Morgan fingerprint density at radius 1 is 1.09 bits per heavy atom. The number of carbonyl (C=O) groups excluding carboxylic acids is 2. The molecule has 0 radical (unpaired) electrons. The number of allylic oxidation sites excluding steroid dienone is 1. The molecule has 3 aliphatic carbocycles. The van der Waals surface area contributed by atoms with E-state index in [0.29, 0.717) is 29.3 Å². The quantitative estimate of drug-likeness (QED) is 0.354. The average Bonchev–Trinajstić information content (AvgIpc) is 3.04. The van der Waals surface area contributed by atoms with Crippen LogP contribution in [-0.4, -0.2) is 18.9 Å². The van der Waals surface area contributed by atoms with Gasteiger partial charge in [-0.15, -0.1) is 0 Å². The van der Waals surface area contributed by atoms with Crippen molar-refractivity contribution in [2.45, 2.75) is 51.9 Å². The number of hydrogen-bond donors (Lipinski definition) is 0. The summed E-state index contributed by atoms with van der Waals surface area (Å²) in [6.07, 6.45) is 6.99. The SMILES string of the molecule is COc1ccc(/C=C2\CC3C4CCc5cc(OC(C)=O)ccc5C4CCC3(C)C2=O)cc1. The van der Waals surface area contributed by atoms with E-state index in [1.165, 1.54) is 18.1 Å². The van der Waals surface area contributed by atoms with Crippen LogP contribution in [0.1, 0.15) is 62.1 Å². The van der Waals surface area contributed by atoms with Crippen LogP contribution in [0.15, 0.2) is 48.0 Å². The predicted octanol–water partition coefficient (Wildman–Crippen LogP) is 5.74. The van der Waals surface area contributed by atoms with Crippen molar-refractivity contribution in [3.8, 4) is 11.5 Å². The molecule has 0 spiro atoms. The fourth-order valence-electron chi connectivity index (χ4n) is 6.49. The first-order valence-corrected chi connectivity index (χ1v) is 11.6. The van der Waals surface area contributed by atoms with Crippen molar-refractivity contribution in [1.29, 1.82) is 0 Å². The molecule has 2 aromatic rings. The second-order valence-electron chi connectivity index (χ2n) is 9.80. The lowest BCUT2D eigenvalue weighted by molar-refractivity contribution is -0.132. The summed E-state index contributed by atoms with van der Waals surface area (Å²) in [7, 11) is 1.66. The summed E-state index contributed by atoms with van der Waals surface area (Å²) in [5.41, 5.74) is 4.46. The van der Waals surface area contributed by atoms with Gasteiger partial charge in [-0.3, -0.25) is 9.59 Å². The fraction of sp³-hybridized carbons (Fsp3) is 0.429. The van der Waals surface area contributed by atoms with Crippen molar-refractivity contribution in [1.82, 2.24) is 0 Å². The first-order valence-electron chi connectivity index (χ1n) is 11.6. The summed E-state index contributed by atoms with van der Waals surface area (Å²) in [5, 5.41) is 0. The minimum atomic E-state index is -0.285. The maximum Gasteiger partial charge on any atom is 0.308 e. The maximum atomic E-state index is 13.5. The highest BCUT2D eigenvalue weighted by Crippen LogP contribution is 2.60. The van der Waals surface area contributed by atoms with E-state index in [2.05, 4.69) is 19.1 Å². The van der Waals surface area contributed by atoms with E-state index in [1.807, 2.05) is 36.4 Å². The molecule has 3 aliphatic rings. The molecular formula is C28H30O4. The van der Waals surface area contributed by atoms with Crippen molar-refractivity contribution in [2.75, 3.05) is 7.11 Å². The zero-order valence-corrected chi connectivity index (χ0v) is 19.0. The number of carbonyl (C=O) groups is 2. The van der Waals surface area contributed by atoms with Crippen LogP contribution in [0.2, 0.25) is 0 Å². The Hall–Kier alpha value is -2.88. The minimum absolute atomic E-state index is 0.255. The Morgan fingerprint density at radius 3 is 2.56 bits per heavy atom. The Kier molecular flexibility index (Phi) is 5.19. The first-order chi connectivity index (χ1) is 15.4. The molecule has 4 heteroatoms. The third kappa shape index (κ3) is 3.46. The Bertz CT molecular complexity index is 1100. The molecule has 4 atom stereocenters. The van der Waals surface area contributed by atoms with Gasteiger partial charge in [0.05, 0.1) is 7.11 Å².